The van der Waals surface area contributed by atoms with Crippen LogP contribution in [0.3, 0.4) is 0 Å². The van der Waals surface area contributed by atoms with Gasteiger partial charge in [-0.25, -0.2) is 5.43 Å². The number of benzene rings is 1. The van der Waals surface area contributed by atoms with Gasteiger partial charge in [0.05, 0.1) is 13.0 Å². The van der Waals surface area contributed by atoms with Crippen LogP contribution in [0.5, 0.6) is 0 Å². The van der Waals surface area contributed by atoms with E-state index in [2.05, 4.69) is 43.8 Å². The van der Waals surface area contributed by atoms with E-state index in [1.165, 1.54) is 7.11 Å². The summed E-state index contributed by atoms with van der Waals surface area (Å²) in [4.78, 5) is 34.7. The Balaban J connectivity index is 2.40. The molecule has 1 aromatic rings. The second-order valence-corrected chi connectivity index (χ2v) is 6.01. The van der Waals surface area contributed by atoms with Gasteiger partial charge in [0.1, 0.15) is 0 Å². The number of carbonyl (C=O) groups excluding carboxylic acids is 3. The molecular formula is C15H19IN4O4. The van der Waals surface area contributed by atoms with Gasteiger partial charge in [0.15, 0.2) is 0 Å². The van der Waals surface area contributed by atoms with E-state index in [0.29, 0.717) is 18.0 Å². The van der Waals surface area contributed by atoms with E-state index >= 15 is 0 Å². The van der Waals surface area contributed by atoms with Crippen LogP contribution in [-0.2, 0) is 19.1 Å². The van der Waals surface area contributed by atoms with Crippen molar-refractivity contribution in [3.63, 3.8) is 0 Å². The number of hydrazone groups is 1. The number of nitrogens with one attached hydrogen (secondary N) is 3. The van der Waals surface area contributed by atoms with E-state index in [4.69, 9.17) is 4.74 Å². The summed E-state index contributed by atoms with van der Waals surface area (Å²) in [5.41, 5.74) is 3.15. The first-order valence-corrected chi connectivity index (χ1v) is 8.16. The Kier molecular flexibility index (Phi) is 8.94. The van der Waals surface area contributed by atoms with Gasteiger partial charge in [-0.2, -0.15) is 5.10 Å². The summed E-state index contributed by atoms with van der Waals surface area (Å²) in [6.07, 6.45) is -0.00242. The van der Waals surface area contributed by atoms with Crippen molar-refractivity contribution in [3.05, 3.63) is 27.8 Å². The van der Waals surface area contributed by atoms with Crippen LogP contribution in [0.15, 0.2) is 29.4 Å². The Morgan fingerprint density at radius 3 is 2.46 bits per heavy atom. The summed E-state index contributed by atoms with van der Waals surface area (Å²) >= 11 is 2.17. The molecule has 9 heteroatoms. The van der Waals surface area contributed by atoms with Gasteiger partial charge >= 0.3 is 11.8 Å². The van der Waals surface area contributed by atoms with Crippen LogP contribution < -0.4 is 16.1 Å². The minimum atomic E-state index is -0.900. The summed E-state index contributed by atoms with van der Waals surface area (Å²) in [6, 6.07) is 7.33. The van der Waals surface area contributed by atoms with Crippen LogP contribution in [-0.4, -0.2) is 43.7 Å². The van der Waals surface area contributed by atoms with E-state index in [1.807, 2.05) is 12.1 Å². The number of nitrogens with zero attached hydrogens (tertiary/aromatic N) is 1. The van der Waals surface area contributed by atoms with Gasteiger partial charge in [-0.05, 0) is 53.8 Å². The topological polar surface area (TPSA) is 109 Å². The van der Waals surface area contributed by atoms with Crippen LogP contribution in [0.2, 0.25) is 0 Å². The second-order valence-electron chi connectivity index (χ2n) is 4.77. The molecule has 0 unspecified atom stereocenters. The SMILES string of the molecule is COCCNC(=O)C(=O)NN=C(C)CC(=O)Nc1ccc(I)cc1. The summed E-state index contributed by atoms with van der Waals surface area (Å²) in [6.45, 7) is 2.11. The maximum atomic E-state index is 11.9. The van der Waals surface area contributed by atoms with Crippen molar-refractivity contribution in [2.75, 3.05) is 25.6 Å². The number of rotatable bonds is 7. The highest BCUT2D eigenvalue weighted by Crippen LogP contribution is 2.11. The van der Waals surface area contributed by atoms with Crippen molar-refractivity contribution < 1.29 is 19.1 Å². The molecule has 0 aromatic heterocycles. The quantitative estimate of drug-likeness (QED) is 0.190. The van der Waals surface area contributed by atoms with Gasteiger partial charge in [0.25, 0.3) is 0 Å². The van der Waals surface area contributed by atoms with E-state index in [-0.39, 0.29) is 18.9 Å². The molecule has 0 saturated heterocycles. The number of halogens is 1. The molecule has 0 aliphatic carbocycles. The molecule has 1 aromatic carbocycles. The van der Waals surface area contributed by atoms with Crippen molar-refractivity contribution in [2.45, 2.75) is 13.3 Å². The number of carbonyl (C=O) groups is 3. The Morgan fingerprint density at radius 1 is 1.17 bits per heavy atom. The smallest absolute Gasteiger partial charge is 0.329 e. The van der Waals surface area contributed by atoms with Crippen LogP contribution in [0.4, 0.5) is 5.69 Å². The van der Waals surface area contributed by atoms with Gasteiger partial charge < -0.3 is 15.4 Å². The first kappa shape index (κ1) is 20.0. The zero-order valence-corrected chi connectivity index (χ0v) is 15.5. The highest BCUT2D eigenvalue weighted by atomic mass is 127. The molecule has 0 radical (unpaired) electrons. The summed E-state index contributed by atoms with van der Waals surface area (Å²) in [7, 11) is 1.49. The van der Waals surface area contributed by atoms with Gasteiger partial charge in [-0.1, -0.05) is 0 Å². The summed E-state index contributed by atoms with van der Waals surface area (Å²) in [5, 5.41) is 8.81. The number of amides is 3. The van der Waals surface area contributed by atoms with E-state index in [1.54, 1.807) is 19.1 Å². The maximum Gasteiger partial charge on any atom is 0.329 e. The minimum absolute atomic E-state index is 0.00242. The molecule has 0 saturated carbocycles. The molecule has 8 nitrogen and oxygen atoms in total. The highest BCUT2D eigenvalue weighted by Gasteiger charge is 2.12. The van der Waals surface area contributed by atoms with Crippen molar-refractivity contribution in [1.82, 2.24) is 10.7 Å². The average molecular weight is 446 g/mol. The van der Waals surface area contributed by atoms with Gasteiger partial charge in [-0.3, -0.25) is 14.4 Å². The first-order valence-electron chi connectivity index (χ1n) is 7.08. The maximum absolute atomic E-state index is 11.9. The summed E-state index contributed by atoms with van der Waals surface area (Å²) < 4.78 is 5.82. The van der Waals surface area contributed by atoms with Crippen LogP contribution in [0.25, 0.3) is 0 Å². The molecule has 0 atom stereocenters. The fourth-order valence-corrected chi connectivity index (χ4v) is 1.91. The highest BCUT2D eigenvalue weighted by molar-refractivity contribution is 14.1. The van der Waals surface area contributed by atoms with Crippen molar-refractivity contribution in [3.8, 4) is 0 Å². The van der Waals surface area contributed by atoms with E-state index < -0.39 is 11.8 Å². The van der Waals surface area contributed by atoms with Crippen LogP contribution in [0, 0.1) is 3.57 Å². The Bertz CT molecular complexity index is 616. The average Bonchev–Trinajstić information content (AvgIpc) is 2.54. The molecule has 130 valence electrons. The second kappa shape index (κ2) is 10.7. The molecule has 24 heavy (non-hydrogen) atoms. The monoisotopic (exact) mass is 446 g/mol. The number of hydrogen-bond acceptors (Lipinski definition) is 5. The van der Waals surface area contributed by atoms with Gasteiger partial charge in [0.2, 0.25) is 5.91 Å². The lowest BCUT2D eigenvalue weighted by Crippen LogP contribution is -2.39. The number of hydrogen-bond donors (Lipinski definition) is 3. The fraction of sp³-hybridized carbons (Fsp3) is 0.333. The Hall–Kier alpha value is -2.01. The van der Waals surface area contributed by atoms with E-state index in [9.17, 15) is 14.4 Å². The molecule has 1 rings (SSSR count). The molecule has 0 fully saturated rings. The molecule has 0 aliphatic rings. The third-order valence-electron chi connectivity index (χ3n) is 2.69. The molecule has 0 spiro atoms. The normalized spacial score (nSPS) is 10.9. The van der Waals surface area contributed by atoms with Crippen molar-refractivity contribution >= 4 is 51.7 Å². The lowest BCUT2D eigenvalue weighted by molar-refractivity contribution is -0.139. The number of anilines is 1. The largest absolute Gasteiger partial charge is 0.383 e. The molecule has 0 heterocycles. The van der Waals surface area contributed by atoms with E-state index in [0.717, 1.165) is 3.57 Å². The molecule has 0 aliphatic heterocycles. The lowest BCUT2D eigenvalue weighted by atomic mass is 10.2. The zero-order valence-electron chi connectivity index (χ0n) is 13.4. The predicted octanol–water partition coefficient (Wildman–Crippen LogP) is 0.874. The fourth-order valence-electron chi connectivity index (χ4n) is 1.55. The zero-order chi connectivity index (χ0) is 17.9. The first-order chi connectivity index (χ1) is 11.4. The minimum Gasteiger partial charge on any atom is -0.383 e. The number of ether oxygens (including phenoxy) is 1. The standard InChI is InChI=1S/C15H19IN4O4/c1-10(19-20-15(23)14(22)17-7-8-24-2)9-13(21)18-12-5-3-11(16)4-6-12/h3-6H,7-9H2,1-2H3,(H,17,22)(H,18,21)(H,20,23). The summed E-state index contributed by atoms with van der Waals surface area (Å²) in [5.74, 6) is -1.98. The molecular weight excluding hydrogens is 427 g/mol. The van der Waals surface area contributed by atoms with Crippen LogP contribution >= 0.6 is 22.6 Å². The third kappa shape index (κ3) is 8.02. The number of methoxy groups -OCH3 is 1. The Morgan fingerprint density at radius 2 is 1.83 bits per heavy atom. The molecule has 3 N–H and O–H groups in total. The Labute approximate surface area is 153 Å². The third-order valence-corrected chi connectivity index (χ3v) is 3.41. The predicted molar refractivity (Wildman–Crippen MR) is 98.5 cm³/mol. The van der Waals surface area contributed by atoms with Gasteiger partial charge in [-0.15, -0.1) is 0 Å². The van der Waals surface area contributed by atoms with Crippen molar-refractivity contribution in [2.24, 2.45) is 5.10 Å². The molecule has 3 amide bonds. The van der Waals surface area contributed by atoms with Gasteiger partial charge in [0, 0.05) is 28.6 Å². The molecule has 0 bridgehead atoms. The van der Waals surface area contributed by atoms with Crippen LogP contribution in [0.1, 0.15) is 13.3 Å². The van der Waals surface area contributed by atoms with Crippen molar-refractivity contribution in [1.29, 1.82) is 0 Å². The lowest BCUT2D eigenvalue weighted by Gasteiger charge is -2.06.